The van der Waals surface area contributed by atoms with E-state index in [1.54, 1.807) is 0 Å². The number of hydrogen-bond donors (Lipinski definition) is 0. The van der Waals surface area contributed by atoms with Crippen LogP contribution in [0, 0.1) is 0 Å². The fourth-order valence-corrected chi connectivity index (χ4v) is 9.56. The average Bonchev–Trinajstić information content (AvgIpc) is 4.04. The lowest BCUT2D eigenvalue weighted by molar-refractivity contribution is 0.668. The van der Waals surface area contributed by atoms with Gasteiger partial charge in [0.15, 0.2) is 5.82 Å². The number of rotatable bonds is 6. The minimum absolute atomic E-state index is 0.634. The van der Waals surface area contributed by atoms with Crippen molar-refractivity contribution in [2.75, 3.05) is 0 Å². The first-order valence-corrected chi connectivity index (χ1v) is 21.2. The Labute approximate surface area is 361 Å². The van der Waals surface area contributed by atoms with Gasteiger partial charge in [0.1, 0.15) is 22.3 Å². The zero-order valence-electron chi connectivity index (χ0n) is 33.9. The van der Waals surface area contributed by atoms with Crippen molar-refractivity contribution in [3.63, 3.8) is 0 Å². The van der Waals surface area contributed by atoms with Crippen molar-refractivity contribution in [2.24, 2.45) is 0 Å². The number of nitrogens with zero attached hydrogens (tertiary/aromatic N) is 3. The smallest absolute Gasteiger partial charge is 0.160 e. The fourth-order valence-electron chi connectivity index (χ4n) is 9.56. The molecule has 4 heterocycles. The number of benzene rings is 9. The summed E-state index contributed by atoms with van der Waals surface area (Å²) in [5.41, 5.74) is 15.7. The summed E-state index contributed by atoms with van der Waals surface area (Å²) in [7, 11) is 0. The summed E-state index contributed by atoms with van der Waals surface area (Å²) in [5.74, 6) is 0.634. The Morgan fingerprint density at radius 2 is 0.762 bits per heavy atom. The molecule has 0 saturated carbocycles. The zero-order valence-corrected chi connectivity index (χ0v) is 33.9. The molecule has 0 radical (unpaired) electrons. The quantitative estimate of drug-likeness (QED) is 0.168. The van der Waals surface area contributed by atoms with Crippen LogP contribution in [0.2, 0.25) is 0 Å². The van der Waals surface area contributed by atoms with E-state index in [1.165, 1.54) is 21.8 Å². The van der Waals surface area contributed by atoms with E-state index in [0.29, 0.717) is 5.82 Å². The van der Waals surface area contributed by atoms with Crippen molar-refractivity contribution in [3.8, 4) is 61.8 Å². The van der Waals surface area contributed by atoms with Crippen LogP contribution in [-0.4, -0.2) is 14.5 Å². The van der Waals surface area contributed by atoms with E-state index in [1.807, 2.05) is 42.5 Å². The van der Waals surface area contributed by atoms with Crippen LogP contribution in [0.5, 0.6) is 0 Å². The van der Waals surface area contributed by atoms with E-state index in [-0.39, 0.29) is 0 Å². The van der Waals surface area contributed by atoms with Crippen LogP contribution in [0.3, 0.4) is 0 Å². The Bertz CT molecular complexity index is 3730. The van der Waals surface area contributed by atoms with Crippen molar-refractivity contribution in [3.05, 3.63) is 212 Å². The van der Waals surface area contributed by atoms with Crippen LogP contribution in [0.1, 0.15) is 0 Å². The van der Waals surface area contributed by atoms with Crippen LogP contribution in [0.15, 0.2) is 221 Å². The summed E-state index contributed by atoms with van der Waals surface area (Å²) < 4.78 is 15.2. The Balaban J connectivity index is 1.03. The van der Waals surface area contributed by atoms with Gasteiger partial charge in [-0.05, 0) is 95.1 Å². The molecule has 0 N–H and O–H groups in total. The number of aromatic nitrogens is 3. The zero-order chi connectivity index (χ0) is 41.4. The Morgan fingerprint density at radius 3 is 1.32 bits per heavy atom. The van der Waals surface area contributed by atoms with Gasteiger partial charge < -0.3 is 13.4 Å². The molecule has 5 heteroatoms. The van der Waals surface area contributed by atoms with Crippen LogP contribution < -0.4 is 0 Å². The normalized spacial score (nSPS) is 11.8. The van der Waals surface area contributed by atoms with E-state index < -0.39 is 0 Å². The van der Waals surface area contributed by atoms with Crippen molar-refractivity contribution in [1.82, 2.24) is 14.5 Å². The van der Waals surface area contributed by atoms with Gasteiger partial charge in [0.05, 0.1) is 22.4 Å². The van der Waals surface area contributed by atoms with Crippen molar-refractivity contribution in [1.29, 1.82) is 0 Å². The van der Waals surface area contributed by atoms with Crippen molar-refractivity contribution in [2.45, 2.75) is 0 Å². The van der Waals surface area contributed by atoms with Gasteiger partial charge in [-0.25, -0.2) is 9.97 Å². The first-order valence-electron chi connectivity index (χ1n) is 21.2. The monoisotopic (exact) mass is 805 g/mol. The van der Waals surface area contributed by atoms with Crippen LogP contribution in [-0.2, 0) is 0 Å². The molecule has 0 unspecified atom stereocenters. The summed E-state index contributed by atoms with van der Waals surface area (Å²) in [6.45, 7) is 0. The molecule has 63 heavy (non-hydrogen) atoms. The maximum absolute atomic E-state index is 6.40. The standard InChI is InChI=1S/C58H35N3O2/c1-2-14-36(15-3-1)48-35-49(37-28-30-41(31-29-37)61-50-22-8-4-16-44(50)45-17-5-9-23-51(45)61)60-58(59-48)40-33-38(42-20-12-26-54-56(42)46-18-6-10-24-52(46)62-54)32-39(34-40)43-21-13-27-55-57(43)47-19-7-11-25-53(47)63-55/h1-35H. The molecule has 0 saturated heterocycles. The Hall–Kier alpha value is -8.54. The van der Waals surface area contributed by atoms with E-state index in [2.05, 4.69) is 174 Å². The first kappa shape index (κ1) is 35.2. The van der Waals surface area contributed by atoms with Crippen LogP contribution in [0.25, 0.3) is 128 Å². The third kappa shape index (κ3) is 5.71. The second-order valence-corrected chi connectivity index (χ2v) is 16.1. The molecule has 0 atom stereocenters. The minimum atomic E-state index is 0.634. The molecular weight excluding hydrogens is 771 g/mol. The third-order valence-electron chi connectivity index (χ3n) is 12.4. The first-order chi connectivity index (χ1) is 31.2. The van der Waals surface area contributed by atoms with Gasteiger partial charge >= 0.3 is 0 Å². The second-order valence-electron chi connectivity index (χ2n) is 16.1. The van der Waals surface area contributed by atoms with Gasteiger partial charge in [0.25, 0.3) is 0 Å². The molecule has 0 amide bonds. The highest BCUT2D eigenvalue weighted by atomic mass is 16.3. The van der Waals surface area contributed by atoms with Gasteiger partial charge in [-0.3, -0.25) is 0 Å². The van der Waals surface area contributed by atoms with Gasteiger partial charge in [-0.2, -0.15) is 0 Å². The summed E-state index contributed by atoms with van der Waals surface area (Å²) in [5, 5.41) is 6.78. The summed E-state index contributed by atoms with van der Waals surface area (Å²) >= 11 is 0. The van der Waals surface area contributed by atoms with Gasteiger partial charge in [-0.15, -0.1) is 0 Å². The van der Waals surface area contributed by atoms with Crippen LogP contribution >= 0.6 is 0 Å². The third-order valence-corrected chi connectivity index (χ3v) is 12.4. The molecule has 13 aromatic rings. The van der Waals surface area contributed by atoms with Crippen LogP contribution in [0.4, 0.5) is 0 Å². The van der Waals surface area contributed by atoms with Gasteiger partial charge in [-0.1, -0.05) is 140 Å². The lowest BCUT2D eigenvalue weighted by Gasteiger charge is -2.14. The number of para-hydroxylation sites is 4. The maximum Gasteiger partial charge on any atom is 0.160 e. The molecule has 0 aliphatic carbocycles. The molecule has 294 valence electrons. The molecule has 0 fully saturated rings. The minimum Gasteiger partial charge on any atom is -0.456 e. The molecular formula is C58H35N3O2. The predicted octanol–water partition coefficient (Wildman–Crippen LogP) is 15.7. The Kier molecular flexibility index (Phi) is 7.84. The highest BCUT2D eigenvalue weighted by Crippen LogP contribution is 2.43. The maximum atomic E-state index is 6.40. The lowest BCUT2D eigenvalue weighted by atomic mass is 9.91. The van der Waals surface area contributed by atoms with Crippen molar-refractivity contribution >= 4 is 65.7 Å². The molecule has 13 rings (SSSR count). The molecule has 0 aliphatic rings. The van der Waals surface area contributed by atoms with Gasteiger partial charge in [0, 0.05) is 54.7 Å². The topological polar surface area (TPSA) is 57.0 Å². The average molecular weight is 806 g/mol. The summed E-state index contributed by atoms with van der Waals surface area (Å²) in [4.78, 5) is 10.8. The number of hydrogen-bond acceptors (Lipinski definition) is 4. The molecule has 9 aromatic carbocycles. The molecule has 5 nitrogen and oxygen atoms in total. The largest absolute Gasteiger partial charge is 0.456 e. The molecule has 0 aliphatic heterocycles. The fraction of sp³-hybridized carbons (Fsp3) is 0. The van der Waals surface area contributed by atoms with E-state index in [0.717, 1.165) is 99.9 Å². The predicted molar refractivity (Wildman–Crippen MR) is 258 cm³/mol. The molecule has 4 aromatic heterocycles. The molecule has 0 spiro atoms. The van der Waals surface area contributed by atoms with E-state index >= 15 is 0 Å². The number of furan rings is 2. The highest BCUT2D eigenvalue weighted by molar-refractivity contribution is 6.15. The van der Waals surface area contributed by atoms with E-state index in [9.17, 15) is 0 Å². The number of fused-ring (bicyclic) bond motifs is 9. The van der Waals surface area contributed by atoms with E-state index in [4.69, 9.17) is 18.8 Å². The SMILES string of the molecule is c1ccc(-c2cc(-c3ccc(-n4c5ccccc5c5ccccc54)cc3)nc(-c3cc(-c4cccc5oc6ccccc6c45)cc(-c4cccc5oc6ccccc6c45)c3)n2)cc1. The molecule has 0 bridgehead atoms. The Morgan fingerprint density at radius 1 is 0.317 bits per heavy atom. The van der Waals surface area contributed by atoms with Crippen molar-refractivity contribution < 1.29 is 8.83 Å². The highest BCUT2D eigenvalue weighted by Gasteiger charge is 2.20. The summed E-state index contributed by atoms with van der Waals surface area (Å²) in [6, 6.07) is 74.3. The second kappa shape index (κ2) is 14.0. The lowest BCUT2D eigenvalue weighted by Crippen LogP contribution is -1.98. The van der Waals surface area contributed by atoms with Gasteiger partial charge in [0.2, 0.25) is 0 Å². The summed E-state index contributed by atoms with van der Waals surface area (Å²) in [6.07, 6.45) is 0.